The number of amides is 1. The fourth-order valence-corrected chi connectivity index (χ4v) is 2.32. The smallest absolute Gasteiger partial charge is 0.264 e. The van der Waals surface area contributed by atoms with Crippen molar-refractivity contribution in [3.8, 4) is 5.75 Å². The maximum absolute atomic E-state index is 12.1. The molecular weight excluding hydrogens is 356 g/mol. The van der Waals surface area contributed by atoms with E-state index in [0.29, 0.717) is 22.1 Å². The molecule has 0 aromatic heterocycles. The standard InChI is InChI=1S/C15H14BrClN2O2/c1-19(14-6-5-10(16)7-13(14)18)15(20)9-21-12-4-2-3-11(17)8-12/h2-8H,9,18H2,1H3. The van der Waals surface area contributed by atoms with Gasteiger partial charge in [-0.15, -0.1) is 0 Å². The topological polar surface area (TPSA) is 55.6 Å². The lowest BCUT2D eigenvalue weighted by molar-refractivity contribution is -0.120. The van der Waals surface area contributed by atoms with Crippen molar-refractivity contribution in [3.05, 3.63) is 52.0 Å². The molecular formula is C15H14BrClN2O2. The minimum absolute atomic E-state index is 0.0909. The first-order valence-electron chi connectivity index (χ1n) is 6.17. The molecule has 0 radical (unpaired) electrons. The van der Waals surface area contributed by atoms with E-state index in [1.807, 2.05) is 6.07 Å². The lowest BCUT2D eigenvalue weighted by Gasteiger charge is -2.19. The van der Waals surface area contributed by atoms with Gasteiger partial charge in [-0.2, -0.15) is 0 Å². The quantitative estimate of drug-likeness (QED) is 0.836. The van der Waals surface area contributed by atoms with Crippen LogP contribution in [-0.2, 0) is 4.79 Å². The summed E-state index contributed by atoms with van der Waals surface area (Å²) in [7, 11) is 1.66. The first kappa shape index (κ1) is 15.7. The van der Waals surface area contributed by atoms with E-state index < -0.39 is 0 Å². The zero-order chi connectivity index (χ0) is 15.4. The number of hydrogen-bond donors (Lipinski definition) is 1. The Labute approximate surface area is 136 Å². The van der Waals surface area contributed by atoms with Gasteiger partial charge in [0, 0.05) is 16.5 Å². The maximum Gasteiger partial charge on any atom is 0.264 e. The normalized spacial score (nSPS) is 10.2. The van der Waals surface area contributed by atoms with Gasteiger partial charge in [-0.1, -0.05) is 33.6 Å². The maximum atomic E-state index is 12.1. The molecule has 0 saturated heterocycles. The molecule has 2 N–H and O–H groups in total. The van der Waals surface area contributed by atoms with Crippen LogP contribution in [0.1, 0.15) is 0 Å². The van der Waals surface area contributed by atoms with Crippen molar-refractivity contribution in [2.45, 2.75) is 0 Å². The van der Waals surface area contributed by atoms with Gasteiger partial charge in [-0.3, -0.25) is 4.79 Å². The molecule has 4 nitrogen and oxygen atoms in total. The summed E-state index contributed by atoms with van der Waals surface area (Å²) in [5.41, 5.74) is 7.06. The molecule has 0 aliphatic carbocycles. The molecule has 21 heavy (non-hydrogen) atoms. The van der Waals surface area contributed by atoms with Crippen molar-refractivity contribution in [2.75, 3.05) is 24.3 Å². The Balaban J connectivity index is 2.02. The Morgan fingerprint density at radius 1 is 1.33 bits per heavy atom. The highest BCUT2D eigenvalue weighted by Gasteiger charge is 2.14. The van der Waals surface area contributed by atoms with Crippen molar-refractivity contribution in [1.29, 1.82) is 0 Å². The van der Waals surface area contributed by atoms with Crippen molar-refractivity contribution >= 4 is 44.8 Å². The molecule has 0 bridgehead atoms. The first-order chi connectivity index (χ1) is 9.97. The van der Waals surface area contributed by atoms with Gasteiger partial charge in [0.05, 0.1) is 11.4 Å². The van der Waals surface area contributed by atoms with Crippen LogP contribution in [0.5, 0.6) is 5.75 Å². The molecule has 0 aliphatic heterocycles. The second-order valence-electron chi connectivity index (χ2n) is 4.40. The molecule has 0 aliphatic rings. The molecule has 110 valence electrons. The van der Waals surface area contributed by atoms with Crippen LogP contribution in [0.15, 0.2) is 46.9 Å². The number of halogens is 2. The number of anilines is 2. The second-order valence-corrected chi connectivity index (χ2v) is 5.75. The number of carbonyl (C=O) groups excluding carboxylic acids is 1. The number of rotatable bonds is 4. The summed E-state index contributed by atoms with van der Waals surface area (Å²) in [5, 5.41) is 0.561. The van der Waals surface area contributed by atoms with Crippen LogP contribution in [0.2, 0.25) is 5.02 Å². The molecule has 0 atom stereocenters. The number of nitrogens with two attached hydrogens (primary N) is 1. The first-order valence-corrected chi connectivity index (χ1v) is 7.34. The third kappa shape index (κ3) is 4.12. The summed E-state index contributed by atoms with van der Waals surface area (Å²) in [6.07, 6.45) is 0. The molecule has 0 heterocycles. The monoisotopic (exact) mass is 368 g/mol. The highest BCUT2D eigenvalue weighted by molar-refractivity contribution is 9.10. The van der Waals surface area contributed by atoms with E-state index in [9.17, 15) is 4.79 Å². The van der Waals surface area contributed by atoms with Crippen molar-refractivity contribution < 1.29 is 9.53 Å². The van der Waals surface area contributed by atoms with Crippen LogP contribution in [0.3, 0.4) is 0 Å². The van der Waals surface area contributed by atoms with E-state index in [1.165, 1.54) is 4.90 Å². The zero-order valence-corrected chi connectivity index (χ0v) is 13.7. The molecule has 1 amide bonds. The highest BCUT2D eigenvalue weighted by Crippen LogP contribution is 2.26. The van der Waals surface area contributed by atoms with Crippen molar-refractivity contribution in [1.82, 2.24) is 0 Å². The number of nitrogens with zero attached hydrogens (tertiary/aromatic N) is 1. The summed E-state index contributed by atoms with van der Waals surface area (Å²) < 4.78 is 6.29. The van der Waals surface area contributed by atoms with Gasteiger partial charge < -0.3 is 15.4 Å². The molecule has 2 aromatic rings. The van der Waals surface area contributed by atoms with Crippen LogP contribution < -0.4 is 15.4 Å². The van der Waals surface area contributed by atoms with Gasteiger partial charge in [0.15, 0.2) is 6.61 Å². The SMILES string of the molecule is CN(C(=O)COc1cccc(Cl)c1)c1ccc(Br)cc1N. The lowest BCUT2D eigenvalue weighted by Crippen LogP contribution is -2.31. The van der Waals surface area contributed by atoms with Gasteiger partial charge in [0.25, 0.3) is 5.91 Å². The molecule has 0 saturated carbocycles. The third-order valence-corrected chi connectivity index (χ3v) is 3.61. The van der Waals surface area contributed by atoms with Crippen molar-refractivity contribution in [3.63, 3.8) is 0 Å². The van der Waals surface area contributed by atoms with Gasteiger partial charge >= 0.3 is 0 Å². The Kier molecular flexibility index (Phi) is 5.09. The molecule has 6 heteroatoms. The van der Waals surface area contributed by atoms with Gasteiger partial charge in [0.2, 0.25) is 0 Å². The van der Waals surface area contributed by atoms with Crippen LogP contribution in [-0.4, -0.2) is 19.6 Å². The van der Waals surface area contributed by atoms with Crippen LogP contribution in [0, 0.1) is 0 Å². The van der Waals surface area contributed by atoms with E-state index in [4.69, 9.17) is 22.1 Å². The van der Waals surface area contributed by atoms with E-state index in [2.05, 4.69) is 15.9 Å². The lowest BCUT2D eigenvalue weighted by atomic mass is 10.2. The number of benzene rings is 2. The largest absolute Gasteiger partial charge is 0.484 e. The minimum Gasteiger partial charge on any atom is -0.484 e. The average molecular weight is 370 g/mol. The molecule has 0 unspecified atom stereocenters. The van der Waals surface area contributed by atoms with E-state index >= 15 is 0 Å². The molecule has 2 rings (SSSR count). The predicted octanol–water partition coefficient (Wildman–Crippen LogP) is 3.73. The number of hydrogen-bond acceptors (Lipinski definition) is 3. The number of likely N-dealkylation sites (N-methyl/N-ethyl adjacent to an activating group) is 1. The summed E-state index contributed by atoms with van der Waals surface area (Å²) >= 11 is 9.19. The Morgan fingerprint density at radius 2 is 2.10 bits per heavy atom. The number of ether oxygens (including phenoxy) is 1. The summed E-state index contributed by atoms with van der Waals surface area (Å²) in [4.78, 5) is 13.6. The minimum atomic E-state index is -0.205. The third-order valence-electron chi connectivity index (χ3n) is 2.88. The van der Waals surface area contributed by atoms with E-state index in [1.54, 1.807) is 43.4 Å². The molecule has 0 fully saturated rings. The predicted molar refractivity (Wildman–Crippen MR) is 88.9 cm³/mol. The molecule has 0 spiro atoms. The summed E-state index contributed by atoms with van der Waals surface area (Å²) in [5.74, 6) is 0.344. The number of nitrogen functional groups attached to an aromatic ring is 1. The Bertz CT molecular complexity index is 664. The Hall–Kier alpha value is -1.72. The van der Waals surface area contributed by atoms with Gasteiger partial charge in [0.1, 0.15) is 5.75 Å². The van der Waals surface area contributed by atoms with Crippen LogP contribution in [0.25, 0.3) is 0 Å². The number of carbonyl (C=O) groups is 1. The second kappa shape index (κ2) is 6.83. The summed E-state index contributed by atoms with van der Waals surface area (Å²) in [6.45, 7) is -0.0909. The van der Waals surface area contributed by atoms with Crippen LogP contribution >= 0.6 is 27.5 Å². The zero-order valence-electron chi connectivity index (χ0n) is 11.3. The summed E-state index contributed by atoms with van der Waals surface area (Å²) in [6, 6.07) is 12.3. The van der Waals surface area contributed by atoms with E-state index in [0.717, 1.165) is 4.47 Å². The van der Waals surface area contributed by atoms with E-state index in [-0.39, 0.29) is 12.5 Å². The highest BCUT2D eigenvalue weighted by atomic mass is 79.9. The van der Waals surface area contributed by atoms with Gasteiger partial charge in [-0.25, -0.2) is 0 Å². The van der Waals surface area contributed by atoms with Gasteiger partial charge in [-0.05, 0) is 36.4 Å². The Morgan fingerprint density at radius 3 is 2.76 bits per heavy atom. The fourth-order valence-electron chi connectivity index (χ4n) is 1.76. The fraction of sp³-hybridized carbons (Fsp3) is 0.133. The van der Waals surface area contributed by atoms with Crippen LogP contribution in [0.4, 0.5) is 11.4 Å². The molecule has 2 aromatic carbocycles. The van der Waals surface area contributed by atoms with Crippen molar-refractivity contribution in [2.24, 2.45) is 0 Å². The average Bonchev–Trinajstić information content (AvgIpc) is 2.44.